The van der Waals surface area contributed by atoms with Crippen molar-refractivity contribution in [3.8, 4) is 0 Å². The van der Waals surface area contributed by atoms with Gasteiger partial charge in [-0.2, -0.15) is 0 Å². The topological polar surface area (TPSA) is 87.3 Å². The molecule has 0 aliphatic carbocycles. The van der Waals surface area contributed by atoms with Crippen molar-refractivity contribution in [2.45, 2.75) is 13.3 Å². The van der Waals surface area contributed by atoms with E-state index in [-0.39, 0.29) is 11.7 Å². The molecular weight excluding hydrogens is 338 g/mol. The number of anilines is 2. The quantitative estimate of drug-likeness (QED) is 0.674. The smallest absolute Gasteiger partial charge is 0.255 e. The Morgan fingerprint density at radius 1 is 1.00 bits per heavy atom. The molecular formula is C18H23N3O3S. The van der Waals surface area contributed by atoms with E-state index < -0.39 is 10.0 Å². The molecule has 0 fully saturated rings. The number of nitrogens with one attached hydrogen (secondary N) is 3. The maximum absolute atomic E-state index is 12.5. The minimum absolute atomic E-state index is 0.00882. The standard InChI is InChI=1S/C18H23N3O3S/c1-3-25(23,24)21-16-10-8-15(9-11-16)20-18(22)17-7-5-4-6-14(17)12-13-19-2/h4-11,19,21H,3,12-13H2,1-2H3,(H,20,22). The third kappa shape index (κ3) is 5.58. The SMILES string of the molecule is CCS(=O)(=O)Nc1ccc(NC(=O)c2ccccc2CCNC)cc1. The van der Waals surface area contributed by atoms with Crippen molar-refractivity contribution in [3.05, 3.63) is 59.7 Å². The van der Waals surface area contributed by atoms with Crippen molar-refractivity contribution in [3.63, 3.8) is 0 Å². The Bertz CT molecular complexity index is 818. The highest BCUT2D eigenvalue weighted by molar-refractivity contribution is 7.92. The number of carbonyl (C=O) groups is 1. The molecule has 0 radical (unpaired) electrons. The minimum atomic E-state index is -3.31. The zero-order valence-electron chi connectivity index (χ0n) is 14.4. The molecule has 25 heavy (non-hydrogen) atoms. The van der Waals surface area contributed by atoms with E-state index in [9.17, 15) is 13.2 Å². The number of amides is 1. The molecule has 0 aliphatic heterocycles. The highest BCUT2D eigenvalue weighted by Crippen LogP contribution is 2.17. The Morgan fingerprint density at radius 3 is 2.28 bits per heavy atom. The largest absolute Gasteiger partial charge is 0.322 e. The van der Waals surface area contributed by atoms with Gasteiger partial charge >= 0.3 is 0 Å². The molecule has 1 amide bonds. The maximum atomic E-state index is 12.5. The van der Waals surface area contributed by atoms with Gasteiger partial charge in [0.1, 0.15) is 0 Å². The molecule has 7 heteroatoms. The second-order valence-electron chi connectivity index (χ2n) is 5.55. The van der Waals surface area contributed by atoms with Gasteiger partial charge in [0.15, 0.2) is 0 Å². The molecule has 0 aromatic heterocycles. The van der Waals surface area contributed by atoms with Crippen LogP contribution in [0.5, 0.6) is 0 Å². The molecule has 0 heterocycles. The third-order valence-electron chi connectivity index (χ3n) is 3.70. The first kappa shape index (κ1) is 19.0. The lowest BCUT2D eigenvalue weighted by molar-refractivity contribution is 0.102. The monoisotopic (exact) mass is 361 g/mol. The summed E-state index contributed by atoms with van der Waals surface area (Å²) >= 11 is 0. The van der Waals surface area contributed by atoms with E-state index in [1.54, 1.807) is 37.3 Å². The van der Waals surface area contributed by atoms with Crippen LogP contribution in [0.1, 0.15) is 22.8 Å². The Labute approximate surface area is 148 Å². The highest BCUT2D eigenvalue weighted by Gasteiger charge is 2.11. The van der Waals surface area contributed by atoms with E-state index in [0.717, 1.165) is 18.5 Å². The molecule has 6 nitrogen and oxygen atoms in total. The minimum Gasteiger partial charge on any atom is -0.322 e. The van der Waals surface area contributed by atoms with Crippen LogP contribution in [0.15, 0.2) is 48.5 Å². The van der Waals surface area contributed by atoms with Crippen LogP contribution in [-0.2, 0) is 16.4 Å². The second-order valence-corrected chi connectivity index (χ2v) is 7.56. The number of rotatable bonds is 8. The van der Waals surface area contributed by atoms with Gasteiger partial charge in [-0.05, 0) is 62.8 Å². The van der Waals surface area contributed by atoms with Gasteiger partial charge in [0.25, 0.3) is 5.91 Å². The van der Waals surface area contributed by atoms with Gasteiger partial charge in [0.2, 0.25) is 10.0 Å². The van der Waals surface area contributed by atoms with Crippen molar-refractivity contribution < 1.29 is 13.2 Å². The molecule has 0 bridgehead atoms. The van der Waals surface area contributed by atoms with Crippen molar-refractivity contribution in [2.24, 2.45) is 0 Å². The molecule has 0 spiro atoms. The number of likely N-dealkylation sites (N-methyl/N-ethyl adjacent to an activating group) is 1. The van der Waals surface area contributed by atoms with Crippen LogP contribution < -0.4 is 15.4 Å². The predicted molar refractivity (Wildman–Crippen MR) is 102 cm³/mol. The Hall–Kier alpha value is -2.38. The fraction of sp³-hybridized carbons (Fsp3) is 0.278. The maximum Gasteiger partial charge on any atom is 0.255 e. The molecule has 0 saturated heterocycles. The molecule has 2 rings (SSSR count). The first-order chi connectivity index (χ1) is 11.9. The summed E-state index contributed by atoms with van der Waals surface area (Å²) in [4.78, 5) is 12.5. The summed E-state index contributed by atoms with van der Waals surface area (Å²) in [5.41, 5.74) is 2.68. The van der Waals surface area contributed by atoms with Crippen molar-refractivity contribution in [1.29, 1.82) is 0 Å². The highest BCUT2D eigenvalue weighted by atomic mass is 32.2. The Morgan fingerprint density at radius 2 is 1.64 bits per heavy atom. The molecule has 0 aliphatic rings. The summed E-state index contributed by atoms with van der Waals surface area (Å²) in [7, 11) is -1.44. The number of hydrogen-bond donors (Lipinski definition) is 3. The van der Waals surface area contributed by atoms with Gasteiger partial charge in [-0.1, -0.05) is 18.2 Å². The lowest BCUT2D eigenvalue weighted by Crippen LogP contribution is -2.17. The van der Waals surface area contributed by atoms with E-state index in [0.29, 0.717) is 16.9 Å². The van der Waals surface area contributed by atoms with E-state index in [4.69, 9.17) is 0 Å². The molecule has 2 aromatic carbocycles. The van der Waals surface area contributed by atoms with Gasteiger partial charge in [-0.3, -0.25) is 9.52 Å². The van der Waals surface area contributed by atoms with Gasteiger partial charge in [0.05, 0.1) is 5.75 Å². The van der Waals surface area contributed by atoms with Crippen LogP contribution in [0.4, 0.5) is 11.4 Å². The van der Waals surface area contributed by atoms with Crippen molar-refractivity contribution in [2.75, 3.05) is 29.4 Å². The summed E-state index contributed by atoms with van der Waals surface area (Å²) in [5, 5.41) is 5.92. The van der Waals surface area contributed by atoms with Crippen LogP contribution >= 0.6 is 0 Å². The predicted octanol–water partition coefficient (Wildman–Crippen LogP) is 2.46. The van der Waals surface area contributed by atoms with Gasteiger partial charge in [0, 0.05) is 16.9 Å². The van der Waals surface area contributed by atoms with E-state index in [1.807, 2.05) is 25.2 Å². The van der Waals surface area contributed by atoms with E-state index >= 15 is 0 Å². The van der Waals surface area contributed by atoms with Gasteiger partial charge < -0.3 is 10.6 Å². The molecule has 2 aromatic rings. The fourth-order valence-electron chi connectivity index (χ4n) is 2.29. The van der Waals surface area contributed by atoms with Crippen molar-refractivity contribution >= 4 is 27.3 Å². The Balaban J connectivity index is 2.08. The first-order valence-corrected chi connectivity index (χ1v) is 9.75. The van der Waals surface area contributed by atoms with Crippen LogP contribution in [0.25, 0.3) is 0 Å². The Kier molecular flexibility index (Phi) is 6.55. The summed E-state index contributed by atoms with van der Waals surface area (Å²) in [6, 6.07) is 14.1. The molecule has 3 N–H and O–H groups in total. The van der Waals surface area contributed by atoms with Gasteiger partial charge in [-0.15, -0.1) is 0 Å². The molecule has 134 valence electrons. The van der Waals surface area contributed by atoms with Crippen LogP contribution in [-0.4, -0.2) is 33.7 Å². The van der Waals surface area contributed by atoms with E-state index in [1.165, 1.54) is 0 Å². The first-order valence-electron chi connectivity index (χ1n) is 8.09. The third-order valence-corrected chi connectivity index (χ3v) is 5.01. The number of sulfonamides is 1. The van der Waals surface area contributed by atoms with Crippen LogP contribution in [0, 0.1) is 0 Å². The average Bonchev–Trinajstić information content (AvgIpc) is 2.61. The fourth-order valence-corrected chi connectivity index (χ4v) is 2.93. The summed E-state index contributed by atoms with van der Waals surface area (Å²) in [6.07, 6.45) is 0.762. The van der Waals surface area contributed by atoms with Crippen LogP contribution in [0.2, 0.25) is 0 Å². The normalized spacial score (nSPS) is 11.1. The number of carbonyl (C=O) groups excluding carboxylic acids is 1. The summed E-state index contributed by atoms with van der Waals surface area (Å²) in [6.45, 7) is 2.36. The summed E-state index contributed by atoms with van der Waals surface area (Å²) < 4.78 is 25.6. The molecule has 0 atom stereocenters. The lowest BCUT2D eigenvalue weighted by atomic mass is 10.0. The van der Waals surface area contributed by atoms with E-state index in [2.05, 4.69) is 15.4 Å². The zero-order valence-corrected chi connectivity index (χ0v) is 15.2. The number of hydrogen-bond acceptors (Lipinski definition) is 4. The van der Waals surface area contributed by atoms with Gasteiger partial charge in [-0.25, -0.2) is 8.42 Å². The molecule has 0 unspecified atom stereocenters. The average molecular weight is 361 g/mol. The second kappa shape index (κ2) is 8.64. The lowest BCUT2D eigenvalue weighted by Gasteiger charge is -2.11. The zero-order chi connectivity index (χ0) is 18.3. The number of benzene rings is 2. The van der Waals surface area contributed by atoms with Crippen LogP contribution in [0.3, 0.4) is 0 Å². The van der Waals surface area contributed by atoms with Crippen molar-refractivity contribution in [1.82, 2.24) is 5.32 Å². The summed E-state index contributed by atoms with van der Waals surface area (Å²) in [5.74, 6) is -0.178. The molecule has 0 saturated carbocycles.